The Morgan fingerprint density at radius 1 is 1.30 bits per heavy atom. The number of rotatable bonds is 8. The molecule has 0 aromatic carbocycles. The summed E-state index contributed by atoms with van der Waals surface area (Å²) in [6.45, 7) is 12.8. The molecular weight excluding hydrogens is 459 g/mol. The largest absolute Gasteiger partial charge is 0.443 e. The second kappa shape index (κ2) is 12.6. The number of nitrogens with zero attached hydrogens (tertiary/aromatic N) is 2. The number of halogens is 1. The molecule has 0 saturated carbocycles. The number of hydrogen-bond acceptors (Lipinski definition) is 5. The van der Waals surface area contributed by atoms with E-state index in [-0.39, 0.29) is 29.4 Å². The van der Waals surface area contributed by atoms with Crippen molar-refractivity contribution >= 4 is 29.9 Å². The first-order chi connectivity index (χ1) is 12.5. The van der Waals surface area contributed by atoms with Gasteiger partial charge in [0.05, 0.1) is 12.3 Å². The minimum absolute atomic E-state index is 0. The van der Waals surface area contributed by atoms with E-state index in [0.29, 0.717) is 18.5 Å². The van der Waals surface area contributed by atoms with Gasteiger partial charge in [-0.3, -0.25) is 0 Å². The van der Waals surface area contributed by atoms with Gasteiger partial charge in [-0.05, 0) is 26.2 Å². The van der Waals surface area contributed by atoms with Crippen molar-refractivity contribution in [1.82, 2.24) is 15.6 Å². The maximum atomic E-state index is 5.88. The third-order valence-electron chi connectivity index (χ3n) is 4.14. The molecule has 2 heterocycles. The highest BCUT2D eigenvalue weighted by atomic mass is 127. The van der Waals surface area contributed by atoms with E-state index in [0.717, 1.165) is 63.9 Å². The predicted octanol–water partition coefficient (Wildman–Crippen LogP) is 3.23. The van der Waals surface area contributed by atoms with E-state index in [1.54, 1.807) is 6.20 Å². The highest BCUT2D eigenvalue weighted by molar-refractivity contribution is 14.0. The summed E-state index contributed by atoms with van der Waals surface area (Å²) < 4.78 is 17.0. The fourth-order valence-corrected chi connectivity index (χ4v) is 2.59. The van der Waals surface area contributed by atoms with Crippen LogP contribution in [0.5, 0.6) is 0 Å². The van der Waals surface area contributed by atoms with Crippen molar-refractivity contribution in [2.45, 2.75) is 65.0 Å². The molecule has 0 aliphatic carbocycles. The Bertz CT molecular complexity index is 551. The Morgan fingerprint density at radius 2 is 2.04 bits per heavy atom. The molecule has 0 unspecified atom stereocenters. The van der Waals surface area contributed by atoms with Crippen LogP contribution in [-0.4, -0.2) is 50.0 Å². The van der Waals surface area contributed by atoms with Crippen LogP contribution in [0.25, 0.3) is 0 Å². The number of aromatic nitrogens is 1. The zero-order valence-corrected chi connectivity index (χ0v) is 19.4. The van der Waals surface area contributed by atoms with Crippen molar-refractivity contribution in [1.29, 1.82) is 0 Å². The van der Waals surface area contributed by atoms with Gasteiger partial charge in [0, 0.05) is 38.3 Å². The number of hydrogen-bond donors (Lipinski definition) is 2. The van der Waals surface area contributed by atoms with Crippen LogP contribution in [-0.2, 0) is 21.4 Å². The molecule has 156 valence electrons. The Kier molecular flexibility index (Phi) is 11.2. The first-order valence-electron chi connectivity index (χ1n) is 9.65. The third kappa shape index (κ3) is 9.25. The zero-order valence-electron chi connectivity index (χ0n) is 17.0. The maximum Gasteiger partial charge on any atom is 0.216 e. The molecule has 1 aromatic heterocycles. The molecule has 1 aromatic rings. The lowest BCUT2D eigenvalue weighted by atomic mass is 9.94. The number of nitrogens with one attached hydrogen (secondary N) is 2. The fourth-order valence-electron chi connectivity index (χ4n) is 2.59. The summed E-state index contributed by atoms with van der Waals surface area (Å²) in [7, 11) is 0. The quantitative estimate of drug-likeness (QED) is 0.250. The van der Waals surface area contributed by atoms with Gasteiger partial charge < -0.3 is 24.5 Å². The molecule has 0 radical (unpaired) electrons. The van der Waals surface area contributed by atoms with Gasteiger partial charge in [0.15, 0.2) is 5.96 Å². The number of ether oxygens (including phenoxy) is 2. The van der Waals surface area contributed by atoms with Crippen molar-refractivity contribution in [3.05, 3.63) is 17.8 Å². The van der Waals surface area contributed by atoms with Crippen LogP contribution in [0.15, 0.2) is 15.6 Å². The van der Waals surface area contributed by atoms with E-state index < -0.39 is 0 Å². The van der Waals surface area contributed by atoms with Gasteiger partial charge >= 0.3 is 0 Å². The highest BCUT2D eigenvalue weighted by Gasteiger charge is 2.19. The van der Waals surface area contributed by atoms with Gasteiger partial charge in [-0.2, -0.15) is 0 Å². The summed E-state index contributed by atoms with van der Waals surface area (Å²) in [6.07, 6.45) is 5.09. The monoisotopic (exact) mass is 494 g/mol. The van der Waals surface area contributed by atoms with Crippen LogP contribution in [0.2, 0.25) is 0 Å². The SMILES string of the molecule is CCNC(=NCc1ncc(C(C)(C)C)o1)NCCCOC1CCOCC1.I. The van der Waals surface area contributed by atoms with E-state index in [2.05, 4.69) is 41.4 Å². The Balaban J connectivity index is 0.00000364. The number of oxazole rings is 1. The first-order valence-corrected chi connectivity index (χ1v) is 9.65. The van der Waals surface area contributed by atoms with E-state index in [9.17, 15) is 0 Å². The van der Waals surface area contributed by atoms with Gasteiger partial charge in [0.1, 0.15) is 12.3 Å². The molecule has 27 heavy (non-hydrogen) atoms. The summed E-state index contributed by atoms with van der Waals surface area (Å²) in [5.74, 6) is 2.29. The molecular formula is C19H35IN4O3. The highest BCUT2D eigenvalue weighted by Crippen LogP contribution is 2.22. The summed E-state index contributed by atoms with van der Waals surface area (Å²) in [5, 5.41) is 6.57. The summed E-state index contributed by atoms with van der Waals surface area (Å²) in [4.78, 5) is 8.86. The summed E-state index contributed by atoms with van der Waals surface area (Å²) >= 11 is 0. The van der Waals surface area contributed by atoms with Crippen LogP contribution in [0.4, 0.5) is 0 Å². The zero-order chi connectivity index (χ0) is 18.8. The van der Waals surface area contributed by atoms with E-state index in [1.807, 2.05) is 6.92 Å². The van der Waals surface area contributed by atoms with Crippen molar-refractivity contribution in [2.24, 2.45) is 4.99 Å². The molecule has 1 aliphatic rings. The van der Waals surface area contributed by atoms with Crippen LogP contribution in [0.3, 0.4) is 0 Å². The molecule has 1 fully saturated rings. The molecule has 1 aliphatic heterocycles. The third-order valence-corrected chi connectivity index (χ3v) is 4.14. The van der Waals surface area contributed by atoms with E-state index >= 15 is 0 Å². The van der Waals surface area contributed by atoms with E-state index in [4.69, 9.17) is 13.9 Å². The smallest absolute Gasteiger partial charge is 0.216 e. The topological polar surface area (TPSA) is 80.9 Å². The molecule has 0 bridgehead atoms. The lowest BCUT2D eigenvalue weighted by molar-refractivity contribution is -0.0320. The molecule has 0 atom stereocenters. The van der Waals surface area contributed by atoms with Crippen molar-refractivity contribution in [2.75, 3.05) is 32.9 Å². The minimum atomic E-state index is -0.0395. The lowest BCUT2D eigenvalue weighted by Gasteiger charge is -2.22. The molecule has 2 N–H and O–H groups in total. The number of aliphatic imine (C=N–C) groups is 1. The van der Waals surface area contributed by atoms with E-state index in [1.165, 1.54) is 0 Å². The van der Waals surface area contributed by atoms with Crippen molar-refractivity contribution in [3.63, 3.8) is 0 Å². The maximum absolute atomic E-state index is 5.88. The second-order valence-electron chi connectivity index (χ2n) is 7.53. The van der Waals surface area contributed by atoms with Crippen LogP contribution < -0.4 is 10.6 Å². The summed E-state index contributed by atoms with van der Waals surface area (Å²) in [5.41, 5.74) is -0.0395. The Morgan fingerprint density at radius 3 is 2.67 bits per heavy atom. The van der Waals surface area contributed by atoms with Crippen LogP contribution in [0.1, 0.15) is 58.6 Å². The molecule has 8 heteroatoms. The van der Waals surface area contributed by atoms with Crippen LogP contribution in [0, 0.1) is 0 Å². The molecule has 7 nitrogen and oxygen atoms in total. The van der Waals surface area contributed by atoms with Gasteiger partial charge in [-0.25, -0.2) is 9.98 Å². The first kappa shape index (κ1) is 24.2. The average molecular weight is 494 g/mol. The lowest BCUT2D eigenvalue weighted by Crippen LogP contribution is -2.38. The van der Waals surface area contributed by atoms with Gasteiger partial charge in [0.2, 0.25) is 5.89 Å². The van der Waals surface area contributed by atoms with Gasteiger partial charge in [-0.1, -0.05) is 20.8 Å². The molecule has 2 rings (SSSR count). The minimum Gasteiger partial charge on any atom is -0.443 e. The molecule has 1 saturated heterocycles. The fraction of sp³-hybridized carbons (Fsp3) is 0.789. The average Bonchev–Trinajstić information content (AvgIpc) is 3.09. The molecule has 0 spiro atoms. The predicted molar refractivity (Wildman–Crippen MR) is 118 cm³/mol. The van der Waals surface area contributed by atoms with Crippen molar-refractivity contribution < 1.29 is 13.9 Å². The van der Waals surface area contributed by atoms with Crippen LogP contribution >= 0.6 is 24.0 Å². The second-order valence-corrected chi connectivity index (χ2v) is 7.53. The number of guanidine groups is 1. The standard InChI is InChI=1S/C19H34N4O3.HI/c1-5-20-18(21-9-6-10-25-15-7-11-24-12-8-15)23-14-17-22-13-16(26-17)19(2,3)4;/h13,15H,5-12,14H2,1-4H3,(H2,20,21,23);1H. The summed E-state index contributed by atoms with van der Waals surface area (Å²) in [6, 6.07) is 0. The van der Waals surface area contributed by atoms with Crippen molar-refractivity contribution in [3.8, 4) is 0 Å². The van der Waals surface area contributed by atoms with Gasteiger partial charge in [-0.15, -0.1) is 24.0 Å². The normalized spacial score (nSPS) is 16.1. The molecule has 0 amide bonds. The van der Waals surface area contributed by atoms with Gasteiger partial charge in [0.25, 0.3) is 0 Å². The Labute approximate surface area is 180 Å². The Hall–Kier alpha value is -0.870.